The maximum absolute atomic E-state index is 12.7. The topological polar surface area (TPSA) is 41.6 Å². The summed E-state index contributed by atoms with van der Waals surface area (Å²) in [5.41, 5.74) is 0.781. The van der Waals surface area contributed by atoms with Crippen molar-refractivity contribution in [2.75, 3.05) is 0 Å². The fourth-order valence-electron chi connectivity index (χ4n) is 1.25. The molecule has 0 amide bonds. The maximum atomic E-state index is 12.7. The highest BCUT2D eigenvalue weighted by Gasteiger charge is 2.01. The minimum Gasteiger partial charge on any atom is -0.251 e. The molecule has 0 spiro atoms. The van der Waals surface area contributed by atoms with Crippen molar-refractivity contribution in [2.24, 2.45) is 0 Å². The highest BCUT2D eigenvalue weighted by molar-refractivity contribution is 5.78. The number of aromatic nitrogens is 2. The van der Waals surface area contributed by atoms with Crippen molar-refractivity contribution in [3.8, 4) is 6.07 Å². The standard InChI is InChI=1S/C9H6FN3/c10-8-1-2-9-7(5-8)6-12-13(9)4-3-11/h1-2,5-6H,4H2. The van der Waals surface area contributed by atoms with E-state index in [4.69, 9.17) is 5.26 Å². The van der Waals surface area contributed by atoms with Crippen molar-refractivity contribution in [3.63, 3.8) is 0 Å². The Hall–Kier alpha value is -1.89. The molecule has 0 saturated carbocycles. The molecule has 3 nitrogen and oxygen atoms in total. The van der Waals surface area contributed by atoms with Gasteiger partial charge in [-0.25, -0.2) is 4.39 Å². The summed E-state index contributed by atoms with van der Waals surface area (Å²) in [5.74, 6) is -0.288. The van der Waals surface area contributed by atoms with E-state index in [9.17, 15) is 4.39 Å². The normalized spacial score (nSPS) is 10.2. The van der Waals surface area contributed by atoms with Gasteiger partial charge in [0.1, 0.15) is 12.4 Å². The van der Waals surface area contributed by atoms with Crippen LogP contribution in [0.5, 0.6) is 0 Å². The largest absolute Gasteiger partial charge is 0.251 e. The van der Waals surface area contributed by atoms with E-state index in [0.29, 0.717) is 0 Å². The highest BCUT2D eigenvalue weighted by Crippen LogP contribution is 2.14. The molecule has 1 aromatic heterocycles. The molecule has 0 aliphatic rings. The van der Waals surface area contributed by atoms with E-state index in [2.05, 4.69) is 5.10 Å². The predicted octanol–water partition coefficient (Wildman–Crippen LogP) is 1.70. The van der Waals surface area contributed by atoms with Gasteiger partial charge in [0.15, 0.2) is 0 Å². The zero-order valence-electron chi connectivity index (χ0n) is 6.74. The molecule has 0 saturated heterocycles. The molecule has 0 atom stereocenters. The van der Waals surface area contributed by atoms with E-state index in [-0.39, 0.29) is 12.4 Å². The molecule has 0 N–H and O–H groups in total. The van der Waals surface area contributed by atoms with Crippen molar-refractivity contribution >= 4 is 10.9 Å². The Morgan fingerprint density at radius 1 is 1.54 bits per heavy atom. The van der Waals surface area contributed by atoms with Gasteiger partial charge in [-0.05, 0) is 18.2 Å². The first-order valence-corrected chi connectivity index (χ1v) is 3.79. The fraction of sp³-hybridized carbons (Fsp3) is 0.111. The third kappa shape index (κ3) is 1.25. The predicted molar refractivity (Wildman–Crippen MR) is 45.3 cm³/mol. The van der Waals surface area contributed by atoms with Crippen LogP contribution in [0.1, 0.15) is 0 Å². The Bertz CT molecular complexity index is 481. The average molecular weight is 175 g/mol. The molecule has 2 rings (SSSR count). The summed E-state index contributed by atoms with van der Waals surface area (Å²) in [7, 11) is 0. The highest BCUT2D eigenvalue weighted by atomic mass is 19.1. The molecule has 0 aliphatic heterocycles. The summed E-state index contributed by atoms with van der Waals surface area (Å²) >= 11 is 0. The molecule has 0 radical (unpaired) electrons. The third-order valence-corrected chi connectivity index (χ3v) is 1.82. The van der Waals surface area contributed by atoms with Gasteiger partial charge >= 0.3 is 0 Å². The summed E-state index contributed by atoms with van der Waals surface area (Å²) in [6.07, 6.45) is 1.55. The second-order valence-electron chi connectivity index (χ2n) is 2.66. The lowest BCUT2D eigenvalue weighted by Gasteiger charge is -1.95. The van der Waals surface area contributed by atoms with Crippen LogP contribution in [0, 0.1) is 17.1 Å². The first-order chi connectivity index (χ1) is 6.31. The molecular weight excluding hydrogens is 169 g/mol. The van der Waals surface area contributed by atoms with Gasteiger partial charge in [0, 0.05) is 5.39 Å². The van der Waals surface area contributed by atoms with Gasteiger partial charge < -0.3 is 0 Å². The van der Waals surface area contributed by atoms with Gasteiger partial charge in [-0.15, -0.1) is 0 Å². The van der Waals surface area contributed by atoms with Crippen LogP contribution in [0.4, 0.5) is 4.39 Å². The zero-order chi connectivity index (χ0) is 9.26. The molecule has 2 aromatic rings. The van der Waals surface area contributed by atoms with Crippen LogP contribution in [0.3, 0.4) is 0 Å². The molecule has 4 heteroatoms. The van der Waals surface area contributed by atoms with Gasteiger partial charge in [-0.1, -0.05) is 0 Å². The number of fused-ring (bicyclic) bond motifs is 1. The summed E-state index contributed by atoms with van der Waals surface area (Å²) in [5, 5.41) is 13.1. The molecule has 1 aromatic carbocycles. The monoisotopic (exact) mass is 175 g/mol. The van der Waals surface area contributed by atoms with Crippen LogP contribution >= 0.6 is 0 Å². The van der Waals surface area contributed by atoms with E-state index in [0.717, 1.165) is 10.9 Å². The second kappa shape index (κ2) is 2.87. The van der Waals surface area contributed by atoms with Gasteiger partial charge in [-0.3, -0.25) is 4.68 Å². The van der Waals surface area contributed by atoms with Crippen LogP contribution in [-0.2, 0) is 6.54 Å². The molecule has 0 aliphatic carbocycles. The lowest BCUT2D eigenvalue weighted by molar-refractivity contribution is 0.629. The van der Waals surface area contributed by atoms with E-state index in [1.807, 2.05) is 6.07 Å². The van der Waals surface area contributed by atoms with E-state index < -0.39 is 0 Å². The molecule has 13 heavy (non-hydrogen) atoms. The van der Waals surface area contributed by atoms with Crippen LogP contribution in [0.2, 0.25) is 0 Å². The first kappa shape index (κ1) is 7.74. The first-order valence-electron chi connectivity index (χ1n) is 3.79. The minimum absolute atomic E-state index is 0.190. The fourth-order valence-corrected chi connectivity index (χ4v) is 1.25. The number of benzene rings is 1. The van der Waals surface area contributed by atoms with Crippen molar-refractivity contribution < 1.29 is 4.39 Å². The summed E-state index contributed by atoms with van der Waals surface area (Å²) < 4.78 is 14.3. The Morgan fingerprint density at radius 2 is 2.38 bits per heavy atom. The van der Waals surface area contributed by atoms with Crippen LogP contribution in [-0.4, -0.2) is 9.78 Å². The van der Waals surface area contributed by atoms with Crippen molar-refractivity contribution in [1.29, 1.82) is 5.26 Å². The summed E-state index contributed by atoms with van der Waals surface area (Å²) in [4.78, 5) is 0. The number of nitrogens with zero attached hydrogens (tertiary/aromatic N) is 3. The van der Waals surface area contributed by atoms with Crippen LogP contribution in [0.15, 0.2) is 24.4 Å². The minimum atomic E-state index is -0.288. The third-order valence-electron chi connectivity index (χ3n) is 1.82. The molecule has 0 bridgehead atoms. The van der Waals surface area contributed by atoms with Gasteiger partial charge in [0.05, 0.1) is 17.8 Å². The molecule has 1 heterocycles. The number of halogens is 1. The van der Waals surface area contributed by atoms with Gasteiger partial charge in [-0.2, -0.15) is 10.4 Å². The molecule has 0 unspecified atom stereocenters. The lowest BCUT2D eigenvalue weighted by atomic mass is 10.2. The number of hydrogen-bond acceptors (Lipinski definition) is 2. The van der Waals surface area contributed by atoms with Crippen molar-refractivity contribution in [3.05, 3.63) is 30.2 Å². The van der Waals surface area contributed by atoms with E-state index in [1.54, 1.807) is 12.3 Å². The van der Waals surface area contributed by atoms with E-state index in [1.165, 1.54) is 16.8 Å². The average Bonchev–Trinajstić information content (AvgIpc) is 2.49. The molecule has 64 valence electrons. The lowest BCUT2D eigenvalue weighted by Crippen LogP contribution is -1.96. The Labute approximate surface area is 74.0 Å². The summed E-state index contributed by atoms with van der Waals surface area (Å²) in [6, 6.07) is 6.36. The zero-order valence-corrected chi connectivity index (χ0v) is 6.74. The van der Waals surface area contributed by atoms with Crippen molar-refractivity contribution in [1.82, 2.24) is 9.78 Å². The van der Waals surface area contributed by atoms with Gasteiger partial charge in [0.25, 0.3) is 0 Å². The van der Waals surface area contributed by atoms with Crippen molar-refractivity contribution in [2.45, 2.75) is 6.54 Å². The van der Waals surface area contributed by atoms with Gasteiger partial charge in [0.2, 0.25) is 0 Å². The number of hydrogen-bond donors (Lipinski definition) is 0. The maximum Gasteiger partial charge on any atom is 0.128 e. The summed E-state index contributed by atoms with van der Waals surface area (Å²) in [6.45, 7) is 0.190. The number of nitriles is 1. The number of rotatable bonds is 1. The molecule has 0 fully saturated rings. The Balaban J connectivity index is 2.63. The SMILES string of the molecule is N#CCn1ncc2cc(F)ccc21. The Kier molecular flexibility index (Phi) is 1.71. The molecular formula is C9H6FN3. The Morgan fingerprint density at radius 3 is 3.15 bits per heavy atom. The quantitative estimate of drug-likeness (QED) is 0.661. The second-order valence-corrected chi connectivity index (χ2v) is 2.66. The van der Waals surface area contributed by atoms with Crippen LogP contribution in [0.25, 0.3) is 10.9 Å². The smallest absolute Gasteiger partial charge is 0.128 e. The van der Waals surface area contributed by atoms with Crippen LogP contribution < -0.4 is 0 Å². The van der Waals surface area contributed by atoms with E-state index >= 15 is 0 Å².